The van der Waals surface area contributed by atoms with E-state index in [4.69, 9.17) is 15.9 Å². The molecule has 3 rings (SSSR count). The van der Waals surface area contributed by atoms with Gasteiger partial charge in [-0.2, -0.15) is 0 Å². The van der Waals surface area contributed by atoms with Crippen molar-refractivity contribution >= 4 is 28.6 Å². The van der Waals surface area contributed by atoms with Crippen LogP contribution in [0.2, 0.25) is 0 Å². The van der Waals surface area contributed by atoms with Crippen molar-refractivity contribution in [3.8, 4) is 11.5 Å². The summed E-state index contributed by atoms with van der Waals surface area (Å²) in [5, 5.41) is 19.2. The minimum atomic E-state index is -0.367. The highest BCUT2D eigenvalue weighted by Crippen LogP contribution is 2.39. The van der Waals surface area contributed by atoms with E-state index < -0.39 is 0 Å². The number of aromatic nitrogens is 1. The van der Waals surface area contributed by atoms with E-state index in [2.05, 4.69) is 4.98 Å². The van der Waals surface area contributed by atoms with E-state index in [0.29, 0.717) is 42.3 Å². The summed E-state index contributed by atoms with van der Waals surface area (Å²) in [6.45, 7) is 9.39. The van der Waals surface area contributed by atoms with Gasteiger partial charge in [-0.15, -0.1) is 17.0 Å². The van der Waals surface area contributed by atoms with E-state index in [1.165, 1.54) is 0 Å². The minimum absolute atomic E-state index is 0. The lowest BCUT2D eigenvalue weighted by Crippen LogP contribution is -2.30. The first-order chi connectivity index (χ1) is 14.6. The highest BCUT2D eigenvalue weighted by molar-refractivity contribution is 8.93. The van der Waals surface area contributed by atoms with Crippen LogP contribution in [0.5, 0.6) is 11.5 Å². The average molecular weight is 505 g/mol. The Labute approximate surface area is 200 Å². The molecule has 4 N–H and O–H groups in total. The molecule has 0 unspecified atom stereocenters. The molecule has 1 aliphatic heterocycles. The number of phenols is 1. The number of nitrogens with two attached hydrogens (primary N) is 1. The molecular weight excluding hydrogens is 472 g/mol. The van der Waals surface area contributed by atoms with Crippen molar-refractivity contribution < 1.29 is 14.6 Å². The Bertz CT molecular complexity index is 1000. The van der Waals surface area contributed by atoms with E-state index in [1.54, 1.807) is 17.0 Å². The number of aryl methyl sites for hydroxylation is 1. The van der Waals surface area contributed by atoms with Gasteiger partial charge in [0, 0.05) is 28.9 Å². The zero-order valence-electron chi connectivity index (χ0n) is 19.2. The third-order valence-corrected chi connectivity index (χ3v) is 5.42. The Hall–Kier alpha value is -2.45. The van der Waals surface area contributed by atoms with Gasteiger partial charge in [0.15, 0.2) is 17.3 Å². The lowest BCUT2D eigenvalue weighted by atomic mass is 9.84. The fourth-order valence-electron chi connectivity index (χ4n) is 3.63. The molecule has 32 heavy (non-hydrogen) atoms. The highest BCUT2D eigenvalue weighted by Gasteiger charge is 2.29. The van der Waals surface area contributed by atoms with Gasteiger partial charge in [0.2, 0.25) is 0 Å². The van der Waals surface area contributed by atoms with Gasteiger partial charge < -0.3 is 20.5 Å². The van der Waals surface area contributed by atoms with Gasteiger partial charge >= 0.3 is 0 Å². The number of nitrogens with one attached hydrogen (secondary N) is 1. The maximum absolute atomic E-state index is 13.2. The number of rotatable bonds is 8. The fourth-order valence-corrected chi connectivity index (χ4v) is 3.63. The second-order valence-corrected chi connectivity index (χ2v) is 9.05. The Morgan fingerprint density at radius 2 is 2.00 bits per heavy atom. The van der Waals surface area contributed by atoms with Crippen molar-refractivity contribution in [3.05, 3.63) is 52.3 Å². The van der Waals surface area contributed by atoms with Gasteiger partial charge in [0.25, 0.3) is 0 Å². The van der Waals surface area contributed by atoms with Crippen molar-refractivity contribution in [2.45, 2.75) is 52.5 Å². The first-order valence-corrected chi connectivity index (χ1v) is 10.7. The number of aromatic hydroxyl groups is 1. The predicted molar refractivity (Wildman–Crippen MR) is 131 cm³/mol. The van der Waals surface area contributed by atoms with E-state index >= 15 is 0 Å². The quantitative estimate of drug-likeness (QED) is 0.368. The summed E-state index contributed by atoms with van der Waals surface area (Å²) in [5.41, 5.74) is 8.73. The fraction of sp³-hybridized carbons (Fsp3) is 0.458. The number of fused-ring (bicyclic) bond motifs is 1. The molecule has 1 aromatic carbocycles. The van der Waals surface area contributed by atoms with Crippen LogP contribution in [0.3, 0.4) is 0 Å². The van der Waals surface area contributed by atoms with Crippen LogP contribution in [0.1, 0.15) is 66.5 Å². The summed E-state index contributed by atoms with van der Waals surface area (Å²) in [6.07, 6.45) is 1.60. The van der Waals surface area contributed by atoms with Gasteiger partial charge in [0.1, 0.15) is 11.5 Å². The number of amidine groups is 1. The first kappa shape index (κ1) is 25.8. The standard InChI is InChI=1S/C24H32N4O3.BrH/c1-15-7-8-16-13-28(23(26)21(16)27-15)14-19(29)17-11-18(24(2,3)4)22(30)20(12-17)31-10-6-5-9-25;/h7-8,11-12,26,30H,5-6,9-10,13-14,25H2,1-4H3;1H. The predicted octanol–water partition coefficient (Wildman–Crippen LogP) is 4.11. The number of carbonyl (C=O) groups excluding carboxylic acids is 1. The van der Waals surface area contributed by atoms with E-state index in [9.17, 15) is 9.90 Å². The number of ether oxygens (including phenoxy) is 1. The normalized spacial score (nSPS) is 13.0. The van der Waals surface area contributed by atoms with Crippen LogP contribution < -0.4 is 10.5 Å². The summed E-state index contributed by atoms with van der Waals surface area (Å²) < 4.78 is 5.80. The zero-order valence-corrected chi connectivity index (χ0v) is 20.9. The van der Waals surface area contributed by atoms with Crippen LogP contribution in [0.4, 0.5) is 0 Å². The Balaban J connectivity index is 0.00000363. The second-order valence-electron chi connectivity index (χ2n) is 9.05. The van der Waals surface area contributed by atoms with Crippen molar-refractivity contribution in [3.63, 3.8) is 0 Å². The summed E-state index contributed by atoms with van der Waals surface area (Å²) in [5.74, 6) is 0.509. The van der Waals surface area contributed by atoms with Crippen LogP contribution in [0.15, 0.2) is 24.3 Å². The molecule has 0 radical (unpaired) electrons. The number of Topliss-reactive ketones (excluding diaryl/α,β-unsaturated/α-hetero) is 1. The monoisotopic (exact) mass is 504 g/mol. The topological polar surface area (TPSA) is 113 Å². The smallest absolute Gasteiger partial charge is 0.182 e. The van der Waals surface area contributed by atoms with Crippen molar-refractivity contribution in [1.82, 2.24) is 9.88 Å². The number of ketones is 1. The maximum Gasteiger partial charge on any atom is 0.182 e. The Kier molecular flexibility index (Phi) is 8.42. The van der Waals surface area contributed by atoms with Crippen LogP contribution >= 0.6 is 17.0 Å². The number of nitrogens with zero attached hydrogens (tertiary/aromatic N) is 2. The molecule has 1 aliphatic rings. The van der Waals surface area contributed by atoms with Crippen molar-refractivity contribution in [2.75, 3.05) is 19.7 Å². The molecule has 2 aromatic rings. The zero-order chi connectivity index (χ0) is 22.8. The molecule has 2 heterocycles. The van der Waals surface area contributed by atoms with Crippen LogP contribution in [-0.2, 0) is 12.0 Å². The molecule has 1 aromatic heterocycles. The van der Waals surface area contributed by atoms with Gasteiger partial charge in [-0.1, -0.05) is 26.8 Å². The second kappa shape index (κ2) is 10.4. The van der Waals surface area contributed by atoms with E-state index in [1.807, 2.05) is 39.8 Å². The van der Waals surface area contributed by atoms with Crippen LogP contribution in [0.25, 0.3) is 0 Å². The van der Waals surface area contributed by atoms with Gasteiger partial charge in [-0.3, -0.25) is 10.2 Å². The van der Waals surface area contributed by atoms with Crippen LogP contribution in [0, 0.1) is 12.3 Å². The SMILES string of the molecule is Br.Cc1ccc2c(n1)C(=N)N(CC(=O)c1cc(OCCCCN)c(O)c(C(C)(C)C)c1)C2. The number of phenolic OH excluding ortho intramolecular Hbond substituents is 1. The molecule has 0 bridgehead atoms. The molecule has 0 saturated heterocycles. The molecule has 0 atom stereocenters. The lowest BCUT2D eigenvalue weighted by Gasteiger charge is -2.24. The van der Waals surface area contributed by atoms with E-state index in [-0.39, 0.29) is 46.3 Å². The van der Waals surface area contributed by atoms with Gasteiger partial charge in [-0.25, -0.2) is 4.98 Å². The molecular formula is C24H33BrN4O3. The van der Waals surface area contributed by atoms with Crippen molar-refractivity contribution in [2.24, 2.45) is 5.73 Å². The molecule has 0 aliphatic carbocycles. The largest absolute Gasteiger partial charge is 0.504 e. The lowest BCUT2D eigenvalue weighted by molar-refractivity contribution is 0.0962. The number of pyridine rings is 1. The third kappa shape index (κ3) is 5.66. The maximum atomic E-state index is 13.2. The molecule has 0 spiro atoms. The minimum Gasteiger partial charge on any atom is -0.504 e. The average Bonchev–Trinajstić information content (AvgIpc) is 3.00. The number of benzene rings is 1. The van der Waals surface area contributed by atoms with Gasteiger partial charge in [-0.05, 0) is 49.9 Å². The molecule has 0 saturated carbocycles. The summed E-state index contributed by atoms with van der Waals surface area (Å²) >= 11 is 0. The number of carbonyl (C=O) groups is 1. The molecule has 8 heteroatoms. The Morgan fingerprint density at radius 1 is 1.28 bits per heavy atom. The molecule has 0 amide bonds. The van der Waals surface area contributed by atoms with Crippen molar-refractivity contribution in [1.29, 1.82) is 5.41 Å². The number of halogens is 1. The number of hydrogen-bond donors (Lipinski definition) is 3. The van der Waals surface area contributed by atoms with E-state index in [0.717, 1.165) is 24.1 Å². The third-order valence-electron chi connectivity index (χ3n) is 5.42. The molecule has 174 valence electrons. The Morgan fingerprint density at radius 3 is 2.66 bits per heavy atom. The number of hydrogen-bond acceptors (Lipinski definition) is 6. The summed E-state index contributed by atoms with van der Waals surface area (Å²) in [6, 6.07) is 7.22. The van der Waals surface area contributed by atoms with Gasteiger partial charge in [0.05, 0.1) is 13.2 Å². The molecule has 0 fully saturated rings. The summed E-state index contributed by atoms with van der Waals surface area (Å²) in [4.78, 5) is 19.3. The first-order valence-electron chi connectivity index (χ1n) is 10.7. The highest BCUT2D eigenvalue weighted by atomic mass is 79.9. The summed E-state index contributed by atoms with van der Waals surface area (Å²) in [7, 11) is 0. The molecule has 7 nitrogen and oxygen atoms in total. The van der Waals surface area contributed by atoms with Crippen LogP contribution in [-0.4, -0.2) is 46.3 Å². The number of unbranched alkanes of at least 4 members (excludes halogenated alkanes) is 1.